The number of hydrogen-bond acceptors (Lipinski definition) is 6. The molecule has 0 unspecified atom stereocenters. The van der Waals surface area contributed by atoms with E-state index in [4.69, 9.17) is 9.88 Å². The van der Waals surface area contributed by atoms with Gasteiger partial charge in [0.15, 0.2) is 4.91 Å². The van der Waals surface area contributed by atoms with Crippen molar-refractivity contribution < 1.29 is 13.2 Å². The molecule has 1 aliphatic heterocycles. The molecule has 0 radical (unpaired) electrons. The minimum Gasteiger partial charge on any atom is -0.378 e. The first kappa shape index (κ1) is 20.6. The second kappa shape index (κ2) is 8.20. The van der Waals surface area contributed by atoms with Gasteiger partial charge >= 0.3 is 0 Å². The highest BCUT2D eigenvalue weighted by atomic mass is 32.2. The second-order valence-corrected chi connectivity index (χ2v) is 9.70. The molecule has 30 heavy (non-hydrogen) atoms. The number of nitrogens with two attached hydrogens (primary N) is 1. The number of primary sulfonamides is 1. The zero-order valence-electron chi connectivity index (χ0n) is 16.5. The van der Waals surface area contributed by atoms with Crippen molar-refractivity contribution in [3.05, 3.63) is 58.3 Å². The average molecular weight is 440 g/mol. The topological polar surface area (TPSA) is 96.4 Å². The Morgan fingerprint density at radius 3 is 2.50 bits per heavy atom. The van der Waals surface area contributed by atoms with E-state index in [1.165, 1.54) is 17.0 Å². The lowest BCUT2D eigenvalue weighted by Gasteiger charge is -2.29. The zero-order valence-corrected chi connectivity index (χ0v) is 18.1. The smallest absolute Gasteiger partial charge is 0.248 e. The largest absolute Gasteiger partial charge is 0.378 e. The van der Waals surface area contributed by atoms with E-state index in [0.717, 1.165) is 47.5 Å². The van der Waals surface area contributed by atoms with Gasteiger partial charge in [0, 0.05) is 28.5 Å². The molecule has 0 saturated carbocycles. The zero-order chi connectivity index (χ0) is 21.3. The van der Waals surface area contributed by atoms with Gasteiger partial charge in [-0.05, 0) is 59.2 Å². The average Bonchev–Trinajstić information content (AvgIpc) is 3.23. The maximum atomic E-state index is 11.6. The Balaban J connectivity index is 1.66. The number of benzene rings is 2. The molecule has 2 aromatic carbocycles. The first-order chi connectivity index (χ1) is 14.4. The predicted octanol–water partition coefficient (Wildman–Crippen LogP) is 3.95. The van der Waals surface area contributed by atoms with E-state index in [2.05, 4.69) is 41.3 Å². The molecular weight excluding hydrogens is 418 g/mol. The molecule has 1 saturated heterocycles. The lowest BCUT2D eigenvalue weighted by molar-refractivity contribution is 0.122. The molecule has 154 valence electrons. The molecule has 1 fully saturated rings. The number of allylic oxidation sites excluding steroid dienone is 2. The van der Waals surface area contributed by atoms with Gasteiger partial charge in [0.25, 0.3) is 0 Å². The minimum absolute atomic E-state index is 0.368. The molecule has 2 heterocycles. The van der Waals surface area contributed by atoms with E-state index in [1.54, 1.807) is 13.0 Å². The SMILES string of the molecule is C/C(=C(/C#N)S(N)(=O)=O)c1ccc(-c2ccc3cc(N4CCOCC4)ccc3c2)s1. The summed E-state index contributed by atoms with van der Waals surface area (Å²) in [7, 11) is -4.05. The Kier molecular flexibility index (Phi) is 5.62. The summed E-state index contributed by atoms with van der Waals surface area (Å²) in [4.78, 5) is 3.63. The van der Waals surface area contributed by atoms with Crippen molar-refractivity contribution >= 4 is 43.4 Å². The highest BCUT2D eigenvalue weighted by molar-refractivity contribution is 7.93. The number of ether oxygens (including phenoxy) is 1. The van der Waals surface area contributed by atoms with Crippen LogP contribution in [0.3, 0.4) is 0 Å². The predicted molar refractivity (Wildman–Crippen MR) is 122 cm³/mol. The fourth-order valence-corrected chi connectivity index (χ4v) is 5.31. The van der Waals surface area contributed by atoms with Crippen LogP contribution in [-0.4, -0.2) is 34.7 Å². The van der Waals surface area contributed by atoms with Gasteiger partial charge < -0.3 is 9.64 Å². The Labute approximate surface area is 179 Å². The maximum Gasteiger partial charge on any atom is 0.248 e. The van der Waals surface area contributed by atoms with Crippen molar-refractivity contribution in [2.75, 3.05) is 31.2 Å². The number of nitrogens with zero attached hydrogens (tertiary/aromatic N) is 2. The molecule has 8 heteroatoms. The van der Waals surface area contributed by atoms with Crippen LogP contribution >= 0.6 is 11.3 Å². The van der Waals surface area contributed by atoms with Crippen molar-refractivity contribution in [2.45, 2.75) is 6.92 Å². The van der Waals surface area contributed by atoms with Crippen molar-refractivity contribution in [2.24, 2.45) is 5.14 Å². The summed E-state index contributed by atoms with van der Waals surface area (Å²) < 4.78 is 28.7. The Morgan fingerprint density at radius 2 is 1.80 bits per heavy atom. The molecule has 6 nitrogen and oxygen atoms in total. The van der Waals surface area contributed by atoms with E-state index >= 15 is 0 Å². The third kappa shape index (κ3) is 4.11. The first-order valence-electron chi connectivity index (χ1n) is 9.48. The standard InChI is InChI=1S/C22H21N3O3S2/c1-15(22(14-23)30(24,26)27)20-6-7-21(29-20)18-3-2-17-13-19(5-4-16(17)12-18)25-8-10-28-11-9-25/h2-7,12-13H,8-11H2,1H3,(H2,24,26,27)/b22-15+. The fourth-order valence-electron chi connectivity index (χ4n) is 3.57. The molecule has 0 amide bonds. The summed E-state index contributed by atoms with van der Waals surface area (Å²) in [5.41, 5.74) is 2.61. The summed E-state index contributed by atoms with van der Waals surface area (Å²) in [6.07, 6.45) is 0. The highest BCUT2D eigenvalue weighted by Crippen LogP contribution is 2.35. The molecule has 0 atom stereocenters. The molecule has 1 aromatic heterocycles. The van der Waals surface area contributed by atoms with E-state index in [9.17, 15) is 13.7 Å². The minimum atomic E-state index is -4.05. The van der Waals surface area contributed by atoms with Crippen LogP contribution in [0.25, 0.3) is 26.8 Å². The van der Waals surface area contributed by atoms with Crippen LogP contribution in [0.5, 0.6) is 0 Å². The van der Waals surface area contributed by atoms with Crippen LogP contribution in [-0.2, 0) is 14.8 Å². The molecular formula is C22H21N3O3S2. The molecule has 2 N–H and O–H groups in total. The normalized spacial score (nSPS) is 15.7. The summed E-state index contributed by atoms with van der Waals surface area (Å²) >= 11 is 1.44. The molecule has 0 spiro atoms. The van der Waals surface area contributed by atoms with E-state index in [-0.39, 0.29) is 0 Å². The van der Waals surface area contributed by atoms with Gasteiger partial charge in [-0.25, -0.2) is 13.6 Å². The van der Waals surface area contributed by atoms with Gasteiger partial charge in [0.1, 0.15) is 6.07 Å². The Hall–Kier alpha value is -2.70. The van der Waals surface area contributed by atoms with Crippen LogP contribution in [0.4, 0.5) is 5.69 Å². The highest BCUT2D eigenvalue weighted by Gasteiger charge is 2.18. The van der Waals surface area contributed by atoms with Crippen molar-refractivity contribution in [1.82, 2.24) is 0 Å². The van der Waals surface area contributed by atoms with Gasteiger partial charge in [0.2, 0.25) is 10.0 Å². The van der Waals surface area contributed by atoms with Crippen LogP contribution < -0.4 is 10.0 Å². The van der Waals surface area contributed by atoms with Crippen molar-refractivity contribution in [3.8, 4) is 16.5 Å². The second-order valence-electron chi connectivity index (χ2n) is 7.12. The van der Waals surface area contributed by atoms with Gasteiger partial charge in [-0.15, -0.1) is 11.3 Å². The van der Waals surface area contributed by atoms with Crippen LogP contribution in [0.1, 0.15) is 11.8 Å². The number of thiophene rings is 1. The Morgan fingerprint density at radius 1 is 1.10 bits per heavy atom. The quantitative estimate of drug-likeness (QED) is 0.621. The number of nitriles is 1. The molecule has 1 aliphatic rings. The van der Waals surface area contributed by atoms with E-state index in [1.807, 2.05) is 12.1 Å². The number of sulfonamides is 1. The monoisotopic (exact) mass is 439 g/mol. The van der Waals surface area contributed by atoms with E-state index < -0.39 is 14.9 Å². The fraction of sp³-hybridized carbons (Fsp3) is 0.227. The van der Waals surface area contributed by atoms with Gasteiger partial charge in [-0.2, -0.15) is 5.26 Å². The summed E-state index contributed by atoms with van der Waals surface area (Å²) in [5, 5.41) is 16.6. The van der Waals surface area contributed by atoms with Crippen molar-refractivity contribution in [1.29, 1.82) is 5.26 Å². The number of morpholine rings is 1. The number of hydrogen-bond donors (Lipinski definition) is 1. The van der Waals surface area contributed by atoms with Gasteiger partial charge in [0.05, 0.1) is 13.2 Å². The summed E-state index contributed by atoms with van der Waals surface area (Å²) in [6, 6.07) is 18.2. The lowest BCUT2D eigenvalue weighted by atomic mass is 10.0. The third-order valence-corrected chi connectivity index (χ3v) is 7.41. The lowest BCUT2D eigenvalue weighted by Crippen LogP contribution is -2.36. The summed E-state index contributed by atoms with van der Waals surface area (Å²) in [5.74, 6) is 0. The Bertz CT molecular complexity index is 1280. The molecule has 0 bridgehead atoms. The molecule has 4 rings (SSSR count). The van der Waals surface area contributed by atoms with Crippen molar-refractivity contribution in [3.63, 3.8) is 0 Å². The van der Waals surface area contributed by atoms with Gasteiger partial charge in [-0.1, -0.05) is 18.2 Å². The molecule has 0 aliphatic carbocycles. The molecule has 3 aromatic rings. The van der Waals surface area contributed by atoms with Crippen LogP contribution in [0, 0.1) is 11.3 Å². The maximum absolute atomic E-state index is 11.6. The number of rotatable bonds is 4. The third-order valence-electron chi connectivity index (χ3n) is 5.19. The number of anilines is 1. The summed E-state index contributed by atoms with van der Waals surface area (Å²) in [6.45, 7) is 4.91. The van der Waals surface area contributed by atoms with Gasteiger partial charge in [-0.3, -0.25) is 0 Å². The number of fused-ring (bicyclic) bond motifs is 1. The first-order valence-corrected chi connectivity index (χ1v) is 11.8. The van der Waals surface area contributed by atoms with E-state index in [0.29, 0.717) is 10.5 Å². The van der Waals surface area contributed by atoms with Crippen LogP contribution in [0.15, 0.2) is 53.4 Å². The van der Waals surface area contributed by atoms with Crippen LogP contribution in [0.2, 0.25) is 0 Å².